The smallest absolute Gasteiger partial charge is 0.247 e. The molecule has 0 aromatic carbocycles. The van der Waals surface area contributed by atoms with Crippen LogP contribution in [0.5, 0.6) is 0 Å². The van der Waals surface area contributed by atoms with E-state index < -0.39 is 23.2 Å². The number of hydrogen-bond donors (Lipinski definition) is 1. The van der Waals surface area contributed by atoms with E-state index in [1.165, 1.54) is 0 Å². The second kappa shape index (κ2) is 2.81. The molecule has 0 bridgehead atoms. The minimum absolute atomic E-state index is 0.284. The summed E-state index contributed by atoms with van der Waals surface area (Å²) in [6.07, 6.45) is -4.36. The summed E-state index contributed by atoms with van der Waals surface area (Å²) in [4.78, 5) is 10.9. The van der Waals surface area contributed by atoms with Gasteiger partial charge in [-0.1, -0.05) is 0 Å². The maximum Gasteiger partial charge on any atom is 0.419 e. The zero-order valence-corrected chi connectivity index (χ0v) is 6.97. The van der Waals surface area contributed by atoms with E-state index in [0.717, 1.165) is 0 Å². The van der Waals surface area contributed by atoms with E-state index in [-0.39, 0.29) is 5.65 Å². The van der Waals surface area contributed by atoms with Crippen molar-refractivity contribution in [3.63, 3.8) is 0 Å². The first-order chi connectivity index (χ1) is 6.89. The first-order valence-electron chi connectivity index (χ1n) is 3.73. The van der Waals surface area contributed by atoms with E-state index in [4.69, 9.17) is 0 Å². The maximum atomic E-state index is 13.0. The highest BCUT2D eigenvalue weighted by atomic mass is 19.4. The topological polar surface area (TPSA) is 50.2 Å². The molecule has 0 aliphatic rings. The lowest BCUT2D eigenvalue weighted by Gasteiger charge is -2.07. The molecular weight excluding hydrogens is 218 g/mol. The highest BCUT2D eigenvalue weighted by Gasteiger charge is 2.34. The fourth-order valence-corrected chi connectivity index (χ4v) is 1.14. The summed E-state index contributed by atoms with van der Waals surface area (Å²) < 4.78 is 50.3. The minimum Gasteiger partial charge on any atom is -0.247 e. The molecule has 0 saturated heterocycles. The van der Waals surface area contributed by atoms with Crippen LogP contribution in [0.25, 0.3) is 5.65 Å². The first-order valence-corrected chi connectivity index (χ1v) is 3.73. The Morgan fingerprint density at radius 2 is 2.07 bits per heavy atom. The third-order valence-corrected chi connectivity index (χ3v) is 1.81. The Balaban J connectivity index is 2.80. The number of nitrogens with zero attached hydrogens (tertiary/aromatic N) is 2. The molecule has 0 aliphatic carbocycles. The highest BCUT2D eigenvalue weighted by Crippen LogP contribution is 2.31. The van der Waals surface area contributed by atoms with Crippen LogP contribution in [0.4, 0.5) is 17.6 Å². The molecule has 15 heavy (non-hydrogen) atoms. The van der Waals surface area contributed by atoms with Gasteiger partial charge in [0.1, 0.15) is 0 Å². The third-order valence-electron chi connectivity index (χ3n) is 1.81. The number of nitrogens with one attached hydrogen (secondary N) is 1. The Morgan fingerprint density at radius 3 is 2.67 bits per heavy atom. The number of H-pyrrole nitrogens is 1. The van der Waals surface area contributed by atoms with E-state index in [2.05, 4.69) is 5.10 Å². The highest BCUT2D eigenvalue weighted by molar-refractivity contribution is 5.41. The fourth-order valence-electron chi connectivity index (χ4n) is 1.14. The number of hydrogen-bond acceptors (Lipinski definition) is 2. The number of aromatic nitrogens is 3. The summed E-state index contributed by atoms with van der Waals surface area (Å²) in [5.41, 5.74) is -2.53. The molecule has 1 N–H and O–H groups in total. The summed E-state index contributed by atoms with van der Waals surface area (Å²) in [6, 6.07) is 0.466. The largest absolute Gasteiger partial charge is 0.419 e. The molecule has 2 rings (SSSR count). The van der Waals surface area contributed by atoms with E-state index in [1.807, 2.05) is 5.10 Å². The van der Waals surface area contributed by atoms with Crippen molar-refractivity contribution >= 4 is 5.65 Å². The van der Waals surface area contributed by atoms with Gasteiger partial charge in [0.25, 0.3) is 0 Å². The van der Waals surface area contributed by atoms with Gasteiger partial charge < -0.3 is 0 Å². The van der Waals surface area contributed by atoms with Crippen LogP contribution in [-0.4, -0.2) is 14.6 Å². The molecule has 0 radical (unpaired) electrons. The van der Waals surface area contributed by atoms with Crippen LogP contribution in [0.2, 0.25) is 0 Å². The van der Waals surface area contributed by atoms with Crippen molar-refractivity contribution in [1.29, 1.82) is 0 Å². The van der Waals surface area contributed by atoms with Crippen LogP contribution in [0, 0.1) is 5.82 Å². The standard InChI is InChI=1S/C7H3F4N3O/c8-4-2-14-5(12-13-6(14)15)1-3(4)7(9,10)11/h1-2H,(H,13,15). The second-order valence-electron chi connectivity index (χ2n) is 2.79. The molecule has 0 atom stereocenters. The van der Waals surface area contributed by atoms with Gasteiger partial charge in [-0.3, -0.25) is 0 Å². The van der Waals surface area contributed by atoms with Crippen LogP contribution in [0.1, 0.15) is 5.56 Å². The molecule has 80 valence electrons. The molecule has 4 nitrogen and oxygen atoms in total. The van der Waals surface area contributed by atoms with Crippen LogP contribution in [0.3, 0.4) is 0 Å². The monoisotopic (exact) mass is 221 g/mol. The molecule has 2 aromatic rings. The molecule has 2 aromatic heterocycles. The molecule has 0 saturated carbocycles. The van der Waals surface area contributed by atoms with Gasteiger partial charge in [0.05, 0.1) is 11.8 Å². The molecule has 0 aliphatic heterocycles. The van der Waals surface area contributed by atoms with Crippen molar-refractivity contribution in [2.24, 2.45) is 0 Å². The van der Waals surface area contributed by atoms with E-state index in [0.29, 0.717) is 16.7 Å². The Hall–Kier alpha value is -1.86. The number of rotatable bonds is 0. The quantitative estimate of drug-likeness (QED) is 0.679. The summed E-state index contributed by atoms with van der Waals surface area (Å²) in [5.74, 6) is -1.52. The molecule has 2 heterocycles. The normalized spacial score (nSPS) is 12.3. The number of alkyl halides is 3. The van der Waals surface area contributed by atoms with Gasteiger partial charge in [0.15, 0.2) is 11.5 Å². The Kier molecular flexibility index (Phi) is 1.82. The van der Waals surface area contributed by atoms with Gasteiger partial charge in [0, 0.05) is 0 Å². The van der Waals surface area contributed by atoms with Gasteiger partial charge >= 0.3 is 11.9 Å². The summed E-state index contributed by atoms with van der Waals surface area (Å²) >= 11 is 0. The summed E-state index contributed by atoms with van der Waals surface area (Å²) in [6.45, 7) is 0. The second-order valence-corrected chi connectivity index (χ2v) is 2.79. The van der Waals surface area contributed by atoms with E-state index >= 15 is 0 Å². The lowest BCUT2D eigenvalue weighted by molar-refractivity contribution is -0.140. The van der Waals surface area contributed by atoms with Crippen LogP contribution in [-0.2, 0) is 6.18 Å². The van der Waals surface area contributed by atoms with Gasteiger partial charge in [-0.2, -0.15) is 18.3 Å². The lowest BCUT2D eigenvalue weighted by atomic mass is 10.2. The molecule has 0 amide bonds. The maximum absolute atomic E-state index is 13.0. The summed E-state index contributed by atoms with van der Waals surface area (Å²) in [5, 5.41) is 5.20. The van der Waals surface area contributed by atoms with Gasteiger partial charge in [0.2, 0.25) is 0 Å². The minimum atomic E-state index is -4.80. The van der Waals surface area contributed by atoms with Gasteiger partial charge in [-0.15, -0.1) is 0 Å². The predicted molar refractivity (Wildman–Crippen MR) is 40.8 cm³/mol. The Morgan fingerprint density at radius 1 is 1.40 bits per heavy atom. The van der Waals surface area contributed by atoms with Crippen molar-refractivity contribution in [2.75, 3.05) is 0 Å². The lowest BCUT2D eigenvalue weighted by Crippen LogP contribution is -2.13. The average Bonchev–Trinajstić information content (AvgIpc) is 2.45. The molecule has 0 fully saturated rings. The Bertz CT molecular complexity index is 568. The number of pyridine rings is 1. The molecular formula is C7H3F4N3O. The van der Waals surface area contributed by atoms with E-state index in [1.54, 1.807) is 0 Å². The first kappa shape index (κ1) is 9.69. The average molecular weight is 221 g/mol. The van der Waals surface area contributed by atoms with Crippen LogP contribution in [0.15, 0.2) is 17.1 Å². The summed E-state index contributed by atoms with van der Waals surface area (Å²) in [7, 11) is 0. The van der Waals surface area contributed by atoms with Crippen molar-refractivity contribution in [3.05, 3.63) is 34.1 Å². The molecule has 0 unspecified atom stereocenters. The van der Waals surface area contributed by atoms with E-state index in [9.17, 15) is 22.4 Å². The number of aromatic amines is 1. The van der Waals surface area contributed by atoms with Crippen molar-refractivity contribution in [2.45, 2.75) is 6.18 Å². The predicted octanol–water partition coefficient (Wildman–Crippen LogP) is 1.18. The van der Waals surface area contributed by atoms with Gasteiger partial charge in [-0.25, -0.2) is 18.7 Å². The number of fused-ring (bicyclic) bond motifs is 1. The van der Waals surface area contributed by atoms with Crippen molar-refractivity contribution in [3.8, 4) is 0 Å². The van der Waals surface area contributed by atoms with Crippen molar-refractivity contribution in [1.82, 2.24) is 14.6 Å². The number of halogens is 4. The Labute approximate surface area is 79.1 Å². The van der Waals surface area contributed by atoms with Crippen LogP contribution >= 0.6 is 0 Å². The zero-order valence-electron chi connectivity index (χ0n) is 6.97. The fraction of sp³-hybridized carbons (Fsp3) is 0.143. The van der Waals surface area contributed by atoms with Crippen LogP contribution < -0.4 is 5.69 Å². The SMILES string of the molecule is O=c1[nH]nc2cc(C(F)(F)F)c(F)cn12. The van der Waals surface area contributed by atoms with Crippen molar-refractivity contribution < 1.29 is 17.6 Å². The third kappa shape index (κ3) is 1.47. The zero-order chi connectivity index (χ0) is 11.2. The molecule has 0 spiro atoms. The molecule has 8 heteroatoms. The van der Waals surface area contributed by atoms with Gasteiger partial charge in [-0.05, 0) is 6.07 Å².